The van der Waals surface area contributed by atoms with Gasteiger partial charge in [-0.15, -0.1) is 0 Å². The summed E-state index contributed by atoms with van der Waals surface area (Å²) in [6.45, 7) is 8.27. The number of carbonyl (C=O) groups excluding carboxylic acids is 1. The Labute approximate surface area is 103 Å². The second-order valence-corrected chi connectivity index (χ2v) is 5.05. The zero-order chi connectivity index (χ0) is 12.9. The second-order valence-electron chi connectivity index (χ2n) is 5.05. The lowest BCUT2D eigenvalue weighted by molar-refractivity contribution is -0.0432. The predicted octanol–water partition coefficient (Wildman–Crippen LogP) is 0.346. The van der Waals surface area contributed by atoms with Gasteiger partial charge in [0.2, 0.25) is 0 Å². The molecule has 6 nitrogen and oxygen atoms in total. The maximum absolute atomic E-state index is 11.4. The molecule has 0 aromatic carbocycles. The van der Waals surface area contributed by atoms with Gasteiger partial charge in [0.25, 0.3) is 0 Å². The van der Waals surface area contributed by atoms with E-state index in [1.807, 2.05) is 27.8 Å². The Morgan fingerprint density at radius 2 is 2.24 bits per heavy atom. The van der Waals surface area contributed by atoms with Crippen molar-refractivity contribution in [2.45, 2.75) is 32.5 Å². The molecule has 17 heavy (non-hydrogen) atoms. The summed E-state index contributed by atoms with van der Waals surface area (Å²) >= 11 is 0. The van der Waals surface area contributed by atoms with Crippen LogP contribution in [0.15, 0.2) is 0 Å². The zero-order valence-electron chi connectivity index (χ0n) is 11.1. The highest BCUT2D eigenvalue weighted by Gasteiger charge is 2.21. The standard InChI is InChI=1S/C11H23N3O3/c1-11(2,3)17-10(15)13-7-9-8-14(12-4)5-6-16-9/h9,12H,5-8H2,1-4H3,(H,13,15). The number of hydrogen-bond acceptors (Lipinski definition) is 5. The molecule has 1 saturated heterocycles. The molecule has 0 saturated carbocycles. The van der Waals surface area contributed by atoms with Gasteiger partial charge in [0, 0.05) is 19.6 Å². The molecular weight excluding hydrogens is 222 g/mol. The molecule has 1 fully saturated rings. The number of nitrogens with one attached hydrogen (secondary N) is 2. The van der Waals surface area contributed by atoms with Gasteiger partial charge < -0.3 is 14.8 Å². The predicted molar refractivity (Wildman–Crippen MR) is 64.6 cm³/mol. The first kappa shape index (κ1) is 14.2. The van der Waals surface area contributed by atoms with Gasteiger partial charge in [0.05, 0.1) is 12.7 Å². The van der Waals surface area contributed by atoms with Crippen LogP contribution in [0.2, 0.25) is 0 Å². The van der Waals surface area contributed by atoms with Gasteiger partial charge in [-0.1, -0.05) is 0 Å². The summed E-state index contributed by atoms with van der Waals surface area (Å²) in [6, 6.07) is 0. The number of carbonyl (C=O) groups is 1. The molecule has 1 rings (SSSR count). The van der Waals surface area contributed by atoms with Crippen LogP contribution in [-0.4, -0.2) is 56.1 Å². The van der Waals surface area contributed by atoms with Crippen molar-refractivity contribution in [2.75, 3.05) is 33.3 Å². The number of nitrogens with zero attached hydrogens (tertiary/aromatic N) is 1. The summed E-state index contributed by atoms with van der Waals surface area (Å²) in [4.78, 5) is 11.4. The lowest BCUT2D eigenvalue weighted by atomic mass is 10.2. The van der Waals surface area contributed by atoms with Gasteiger partial charge in [-0.3, -0.25) is 5.43 Å². The fourth-order valence-corrected chi connectivity index (χ4v) is 1.56. The van der Waals surface area contributed by atoms with E-state index < -0.39 is 11.7 Å². The molecule has 100 valence electrons. The molecular formula is C11H23N3O3. The lowest BCUT2D eigenvalue weighted by Crippen LogP contribution is -2.51. The quantitative estimate of drug-likeness (QED) is 0.751. The Bertz CT molecular complexity index is 253. The molecule has 0 radical (unpaired) electrons. The van der Waals surface area contributed by atoms with Crippen molar-refractivity contribution >= 4 is 6.09 Å². The summed E-state index contributed by atoms with van der Waals surface area (Å²) in [7, 11) is 1.88. The van der Waals surface area contributed by atoms with Crippen LogP contribution in [0.5, 0.6) is 0 Å². The number of morpholine rings is 1. The Kier molecular flexibility index (Phi) is 5.17. The summed E-state index contributed by atoms with van der Waals surface area (Å²) in [5.41, 5.74) is 2.61. The van der Waals surface area contributed by atoms with E-state index in [0.29, 0.717) is 13.2 Å². The third-order valence-electron chi connectivity index (χ3n) is 2.33. The minimum atomic E-state index is -0.464. The van der Waals surface area contributed by atoms with Crippen LogP contribution in [0.1, 0.15) is 20.8 Å². The maximum atomic E-state index is 11.4. The summed E-state index contributed by atoms with van der Waals surface area (Å²) in [6.07, 6.45) is -0.397. The van der Waals surface area contributed by atoms with Crippen LogP contribution in [0, 0.1) is 0 Å². The van der Waals surface area contributed by atoms with Crippen molar-refractivity contribution in [2.24, 2.45) is 0 Å². The Morgan fingerprint density at radius 1 is 1.53 bits per heavy atom. The van der Waals surface area contributed by atoms with Crippen molar-refractivity contribution in [1.82, 2.24) is 15.8 Å². The molecule has 0 aromatic heterocycles. The normalized spacial score (nSPS) is 22.2. The van der Waals surface area contributed by atoms with E-state index in [1.165, 1.54) is 0 Å². The van der Waals surface area contributed by atoms with Gasteiger partial charge >= 0.3 is 6.09 Å². The zero-order valence-corrected chi connectivity index (χ0v) is 11.1. The topological polar surface area (TPSA) is 62.8 Å². The smallest absolute Gasteiger partial charge is 0.407 e. The molecule has 1 heterocycles. The van der Waals surface area contributed by atoms with Gasteiger partial charge in [-0.05, 0) is 27.8 Å². The van der Waals surface area contributed by atoms with Crippen LogP contribution in [0.25, 0.3) is 0 Å². The SMILES string of the molecule is CNN1CCOC(CNC(=O)OC(C)(C)C)C1. The van der Waals surface area contributed by atoms with Crippen LogP contribution in [-0.2, 0) is 9.47 Å². The average molecular weight is 245 g/mol. The van der Waals surface area contributed by atoms with Crippen molar-refractivity contribution < 1.29 is 14.3 Å². The summed E-state index contributed by atoms with van der Waals surface area (Å²) in [5.74, 6) is 0. The third kappa shape index (κ3) is 5.86. The van der Waals surface area contributed by atoms with Crippen molar-refractivity contribution in [1.29, 1.82) is 0 Å². The first-order valence-corrected chi connectivity index (χ1v) is 5.91. The number of rotatable bonds is 3. The van der Waals surface area contributed by atoms with E-state index in [-0.39, 0.29) is 6.10 Å². The van der Waals surface area contributed by atoms with Crippen LogP contribution >= 0.6 is 0 Å². The fraction of sp³-hybridized carbons (Fsp3) is 0.909. The molecule has 1 aliphatic heterocycles. The van der Waals surface area contributed by atoms with E-state index in [4.69, 9.17) is 9.47 Å². The van der Waals surface area contributed by atoms with Gasteiger partial charge in [0.1, 0.15) is 5.60 Å². The third-order valence-corrected chi connectivity index (χ3v) is 2.33. The lowest BCUT2D eigenvalue weighted by Gasteiger charge is -2.32. The minimum absolute atomic E-state index is 0.00344. The molecule has 0 bridgehead atoms. The van der Waals surface area contributed by atoms with Gasteiger partial charge in [0.15, 0.2) is 0 Å². The Morgan fingerprint density at radius 3 is 2.82 bits per heavy atom. The highest BCUT2D eigenvalue weighted by Crippen LogP contribution is 2.07. The van der Waals surface area contributed by atoms with Crippen LogP contribution in [0.3, 0.4) is 0 Å². The highest BCUT2D eigenvalue weighted by atomic mass is 16.6. The molecule has 0 spiro atoms. The van der Waals surface area contributed by atoms with Gasteiger partial charge in [-0.25, -0.2) is 9.80 Å². The van der Waals surface area contributed by atoms with E-state index in [2.05, 4.69) is 15.8 Å². The first-order chi connectivity index (χ1) is 7.90. The van der Waals surface area contributed by atoms with E-state index in [0.717, 1.165) is 13.1 Å². The molecule has 1 atom stereocenters. The largest absolute Gasteiger partial charge is 0.444 e. The van der Waals surface area contributed by atoms with E-state index in [9.17, 15) is 4.79 Å². The minimum Gasteiger partial charge on any atom is -0.444 e. The van der Waals surface area contributed by atoms with E-state index >= 15 is 0 Å². The molecule has 1 amide bonds. The monoisotopic (exact) mass is 245 g/mol. The number of ether oxygens (including phenoxy) is 2. The molecule has 0 aliphatic carbocycles. The van der Waals surface area contributed by atoms with Crippen molar-refractivity contribution in [3.8, 4) is 0 Å². The second kappa shape index (κ2) is 6.18. The number of hydrogen-bond donors (Lipinski definition) is 2. The number of amides is 1. The molecule has 6 heteroatoms. The molecule has 2 N–H and O–H groups in total. The van der Waals surface area contributed by atoms with Crippen LogP contribution < -0.4 is 10.7 Å². The first-order valence-electron chi connectivity index (χ1n) is 5.91. The van der Waals surface area contributed by atoms with Gasteiger partial charge in [-0.2, -0.15) is 0 Å². The fourth-order valence-electron chi connectivity index (χ4n) is 1.56. The maximum Gasteiger partial charge on any atom is 0.407 e. The Balaban J connectivity index is 2.23. The molecule has 1 unspecified atom stereocenters. The van der Waals surface area contributed by atoms with Crippen molar-refractivity contribution in [3.63, 3.8) is 0 Å². The average Bonchev–Trinajstić information content (AvgIpc) is 2.24. The molecule has 0 aromatic rings. The van der Waals surface area contributed by atoms with E-state index in [1.54, 1.807) is 0 Å². The Hall–Kier alpha value is -0.850. The van der Waals surface area contributed by atoms with Crippen molar-refractivity contribution in [3.05, 3.63) is 0 Å². The van der Waals surface area contributed by atoms with Crippen LogP contribution in [0.4, 0.5) is 4.79 Å². The molecule has 1 aliphatic rings. The summed E-state index contributed by atoms with van der Waals surface area (Å²) in [5, 5.41) is 4.77. The number of hydrazine groups is 1. The highest BCUT2D eigenvalue weighted by molar-refractivity contribution is 5.67. The summed E-state index contributed by atoms with van der Waals surface area (Å²) < 4.78 is 10.7. The number of alkyl carbamates (subject to hydrolysis) is 1.